The Morgan fingerprint density at radius 2 is 1.84 bits per heavy atom. The number of carbonyl (C=O) groups is 2. The van der Waals surface area contributed by atoms with Crippen molar-refractivity contribution in [1.29, 1.82) is 0 Å². The number of rotatable bonds is 6. The first-order valence-corrected chi connectivity index (χ1v) is 12.3. The predicted molar refractivity (Wildman–Crippen MR) is 130 cm³/mol. The largest absolute Gasteiger partial charge is 0.463 e. The van der Waals surface area contributed by atoms with Crippen LogP contribution in [-0.4, -0.2) is 24.1 Å². The molecule has 1 aliphatic carbocycles. The van der Waals surface area contributed by atoms with Gasteiger partial charge in [-0.25, -0.2) is 4.79 Å². The van der Waals surface area contributed by atoms with Gasteiger partial charge in [0.05, 0.1) is 23.8 Å². The summed E-state index contributed by atoms with van der Waals surface area (Å²) in [5.41, 5.74) is 3.34. The van der Waals surface area contributed by atoms with Gasteiger partial charge in [0.1, 0.15) is 5.78 Å². The number of ketones is 1. The second kappa shape index (κ2) is 9.14. The van der Waals surface area contributed by atoms with Gasteiger partial charge in [0, 0.05) is 27.8 Å². The van der Waals surface area contributed by atoms with Crippen LogP contribution in [0.2, 0.25) is 0 Å². The Labute approximate surface area is 194 Å². The summed E-state index contributed by atoms with van der Waals surface area (Å²) in [7, 11) is 0. The van der Waals surface area contributed by atoms with E-state index in [0.717, 1.165) is 39.6 Å². The van der Waals surface area contributed by atoms with Gasteiger partial charge < -0.3 is 4.74 Å². The van der Waals surface area contributed by atoms with Gasteiger partial charge in [-0.05, 0) is 42.9 Å². The molecule has 0 bridgehead atoms. The molecule has 0 amide bonds. The first-order chi connectivity index (χ1) is 15.3. The van der Waals surface area contributed by atoms with Crippen molar-refractivity contribution in [1.82, 2.24) is 0 Å². The summed E-state index contributed by atoms with van der Waals surface area (Å²) < 4.78 is 5.48. The molecule has 1 fully saturated rings. The van der Waals surface area contributed by atoms with Crippen molar-refractivity contribution in [3.63, 3.8) is 0 Å². The molecule has 0 saturated heterocycles. The molecule has 1 aliphatic heterocycles. The van der Waals surface area contributed by atoms with E-state index in [-0.39, 0.29) is 29.0 Å². The molecule has 1 aromatic carbocycles. The maximum Gasteiger partial charge on any atom is 0.336 e. The molecular formula is C27H31NO3S. The van der Waals surface area contributed by atoms with Crippen LogP contribution in [0.4, 0.5) is 0 Å². The summed E-state index contributed by atoms with van der Waals surface area (Å²) in [6, 6.07) is 14.4. The number of hydrogen-bond donors (Lipinski definition) is 0. The van der Waals surface area contributed by atoms with Crippen molar-refractivity contribution in [3.05, 3.63) is 58.6 Å². The molecule has 0 radical (unpaired) electrons. The molecule has 32 heavy (non-hydrogen) atoms. The van der Waals surface area contributed by atoms with E-state index < -0.39 is 0 Å². The SMILES string of the molecule is CCCC1=C(C(=O)OCC)C(c2ccc(-c3ccccc3)s2)C2C(=O)CC(C)(C)CC2=N1. The van der Waals surface area contributed by atoms with Crippen LogP contribution >= 0.6 is 11.3 Å². The Kier molecular flexibility index (Phi) is 6.47. The number of nitrogens with zero attached hydrogens (tertiary/aromatic N) is 1. The van der Waals surface area contributed by atoms with E-state index in [2.05, 4.69) is 45.0 Å². The summed E-state index contributed by atoms with van der Waals surface area (Å²) in [5.74, 6) is -0.868. The summed E-state index contributed by atoms with van der Waals surface area (Å²) >= 11 is 1.66. The van der Waals surface area contributed by atoms with Gasteiger partial charge in [-0.1, -0.05) is 57.5 Å². The van der Waals surface area contributed by atoms with Crippen LogP contribution in [0.3, 0.4) is 0 Å². The lowest BCUT2D eigenvalue weighted by Crippen LogP contribution is -2.44. The quantitative estimate of drug-likeness (QED) is 0.468. The van der Waals surface area contributed by atoms with Crippen molar-refractivity contribution in [2.45, 2.75) is 59.3 Å². The molecule has 0 spiro atoms. The number of carbonyl (C=O) groups excluding carboxylic acids is 2. The van der Waals surface area contributed by atoms with Crippen molar-refractivity contribution < 1.29 is 14.3 Å². The number of thiophene rings is 1. The molecule has 1 aromatic heterocycles. The molecule has 0 N–H and O–H groups in total. The van der Waals surface area contributed by atoms with Crippen molar-refractivity contribution in [3.8, 4) is 10.4 Å². The second-order valence-corrected chi connectivity index (χ2v) is 10.6. The summed E-state index contributed by atoms with van der Waals surface area (Å²) in [4.78, 5) is 33.8. The Hall–Kier alpha value is -2.53. The Morgan fingerprint density at radius 1 is 1.09 bits per heavy atom. The van der Waals surface area contributed by atoms with Crippen molar-refractivity contribution in [2.75, 3.05) is 6.61 Å². The van der Waals surface area contributed by atoms with E-state index in [1.807, 2.05) is 25.1 Å². The lowest BCUT2D eigenvalue weighted by atomic mass is 9.64. The predicted octanol–water partition coefficient (Wildman–Crippen LogP) is 6.58. The van der Waals surface area contributed by atoms with E-state index >= 15 is 0 Å². The Balaban J connectivity index is 1.86. The number of esters is 1. The Morgan fingerprint density at radius 3 is 2.53 bits per heavy atom. The lowest BCUT2D eigenvalue weighted by molar-refractivity contribution is -0.139. The van der Waals surface area contributed by atoms with E-state index in [4.69, 9.17) is 9.73 Å². The van der Waals surface area contributed by atoms with Gasteiger partial charge in [0.15, 0.2) is 0 Å². The van der Waals surface area contributed by atoms with Crippen LogP contribution in [0.5, 0.6) is 0 Å². The van der Waals surface area contributed by atoms with E-state index in [0.29, 0.717) is 25.0 Å². The fourth-order valence-electron chi connectivity index (χ4n) is 4.96. The first kappa shape index (κ1) is 22.7. The van der Waals surface area contributed by atoms with Crippen LogP contribution in [-0.2, 0) is 14.3 Å². The molecule has 1 saturated carbocycles. The van der Waals surface area contributed by atoms with Crippen molar-refractivity contribution in [2.24, 2.45) is 16.3 Å². The molecule has 4 nitrogen and oxygen atoms in total. The van der Waals surface area contributed by atoms with Crippen LogP contribution in [0, 0.1) is 11.3 Å². The van der Waals surface area contributed by atoms with Gasteiger partial charge in [-0.15, -0.1) is 11.3 Å². The number of hydrogen-bond acceptors (Lipinski definition) is 5. The third kappa shape index (κ3) is 4.36. The van der Waals surface area contributed by atoms with E-state index in [9.17, 15) is 9.59 Å². The number of ether oxygens (including phenoxy) is 1. The van der Waals surface area contributed by atoms with Gasteiger partial charge in [0.25, 0.3) is 0 Å². The average molecular weight is 450 g/mol. The molecule has 168 valence electrons. The molecule has 4 rings (SSSR count). The third-order valence-electron chi connectivity index (χ3n) is 6.23. The van der Waals surface area contributed by atoms with E-state index in [1.54, 1.807) is 11.3 Å². The van der Waals surface area contributed by atoms with Gasteiger partial charge in [0.2, 0.25) is 0 Å². The zero-order valence-corrected chi connectivity index (χ0v) is 20.1. The summed E-state index contributed by atoms with van der Waals surface area (Å²) in [6.07, 6.45) is 2.86. The number of allylic oxidation sites excluding steroid dienone is 1. The maximum absolute atomic E-state index is 13.4. The maximum atomic E-state index is 13.4. The van der Waals surface area contributed by atoms with Gasteiger partial charge in [-0.3, -0.25) is 9.79 Å². The highest BCUT2D eigenvalue weighted by atomic mass is 32.1. The molecule has 2 heterocycles. The standard InChI is InChI=1S/C27H31NO3S/c1-5-10-18-24(26(30)31-6-2)25(23-19(28-18)15-27(3,4)16-20(23)29)22-14-13-21(32-22)17-11-8-7-9-12-17/h7-9,11-14,23,25H,5-6,10,15-16H2,1-4H3. The highest BCUT2D eigenvalue weighted by Gasteiger charge is 2.48. The zero-order chi connectivity index (χ0) is 22.9. The number of Topliss-reactive ketones (excluding diaryl/α,β-unsaturated/α-hetero) is 1. The average Bonchev–Trinajstić information content (AvgIpc) is 3.23. The third-order valence-corrected chi connectivity index (χ3v) is 7.44. The minimum atomic E-state index is -0.384. The summed E-state index contributed by atoms with van der Waals surface area (Å²) in [5, 5.41) is 0. The van der Waals surface area contributed by atoms with Crippen LogP contribution < -0.4 is 0 Å². The lowest BCUT2D eigenvalue weighted by Gasteiger charge is -2.41. The first-order valence-electron chi connectivity index (χ1n) is 11.5. The van der Waals surface area contributed by atoms with Gasteiger partial charge >= 0.3 is 5.97 Å². The Bertz CT molecular complexity index is 1080. The molecule has 5 heteroatoms. The molecule has 2 aromatic rings. The van der Waals surface area contributed by atoms with Crippen LogP contribution in [0.15, 0.2) is 58.7 Å². The number of aliphatic imine (C=N–C) groups is 1. The molecule has 2 atom stereocenters. The minimum Gasteiger partial charge on any atom is -0.463 e. The van der Waals surface area contributed by atoms with Gasteiger partial charge in [-0.2, -0.15) is 0 Å². The van der Waals surface area contributed by atoms with Crippen molar-refractivity contribution >= 4 is 28.8 Å². The molecule has 2 unspecified atom stereocenters. The normalized spacial score (nSPS) is 22.4. The monoisotopic (exact) mass is 449 g/mol. The van der Waals surface area contributed by atoms with E-state index in [1.165, 1.54) is 0 Å². The minimum absolute atomic E-state index is 0.111. The topological polar surface area (TPSA) is 55.7 Å². The smallest absolute Gasteiger partial charge is 0.336 e. The number of fused-ring (bicyclic) bond motifs is 1. The van der Waals surface area contributed by atoms with Crippen LogP contribution in [0.25, 0.3) is 10.4 Å². The zero-order valence-electron chi connectivity index (χ0n) is 19.3. The molecular weight excluding hydrogens is 418 g/mol. The second-order valence-electron chi connectivity index (χ2n) is 9.44. The van der Waals surface area contributed by atoms with Crippen LogP contribution in [0.1, 0.15) is 64.2 Å². The highest BCUT2D eigenvalue weighted by Crippen LogP contribution is 2.49. The summed E-state index contributed by atoms with van der Waals surface area (Å²) in [6.45, 7) is 8.46. The fraction of sp³-hybridized carbons (Fsp3) is 0.444. The highest BCUT2D eigenvalue weighted by molar-refractivity contribution is 7.15. The molecule has 2 aliphatic rings. The fourth-order valence-corrected chi connectivity index (χ4v) is 6.12. The number of benzene rings is 1.